The molecule has 0 bridgehead atoms. The van der Waals surface area contributed by atoms with E-state index in [1.807, 2.05) is 12.1 Å². The van der Waals surface area contributed by atoms with E-state index in [1.54, 1.807) is 0 Å². The Morgan fingerprint density at radius 1 is 1.31 bits per heavy atom. The molecule has 6 nitrogen and oxygen atoms in total. The highest BCUT2D eigenvalue weighted by Gasteiger charge is 2.15. The second-order valence-corrected chi connectivity index (χ2v) is 8.57. The van der Waals surface area contributed by atoms with Gasteiger partial charge in [0.15, 0.2) is 5.96 Å². The number of ether oxygens (including phenoxy) is 2. The standard InChI is InChI=1S/C21H34N4O2S.HI/c1-2-22-21(24-17-20-7-4-14-28-20)23-16-18-5-3-6-19(15-18)27-13-10-25-8-11-26-12-9-25;/h3,5-6,15,20H,2,4,7-14,16-17H2,1H3,(H2,22,23,24);1H. The smallest absolute Gasteiger partial charge is 0.191 e. The maximum Gasteiger partial charge on any atom is 0.191 e. The average molecular weight is 535 g/mol. The zero-order valence-electron chi connectivity index (χ0n) is 17.4. The third kappa shape index (κ3) is 9.31. The summed E-state index contributed by atoms with van der Waals surface area (Å²) in [4.78, 5) is 7.13. The van der Waals surface area contributed by atoms with Crippen molar-refractivity contribution in [2.75, 3.05) is 58.3 Å². The SMILES string of the molecule is CCNC(=NCc1cccc(OCCN2CCOCC2)c1)NCC1CCCS1.I. The van der Waals surface area contributed by atoms with Crippen LogP contribution in [0.1, 0.15) is 25.3 Å². The molecule has 0 radical (unpaired) electrons. The fourth-order valence-corrected chi connectivity index (χ4v) is 4.58. The van der Waals surface area contributed by atoms with Crippen molar-refractivity contribution in [1.29, 1.82) is 0 Å². The van der Waals surface area contributed by atoms with Gasteiger partial charge in [0.2, 0.25) is 0 Å². The van der Waals surface area contributed by atoms with Crippen molar-refractivity contribution in [3.05, 3.63) is 29.8 Å². The molecule has 1 unspecified atom stereocenters. The Morgan fingerprint density at radius 2 is 2.17 bits per heavy atom. The van der Waals surface area contributed by atoms with E-state index in [0.29, 0.717) is 18.4 Å². The van der Waals surface area contributed by atoms with Gasteiger partial charge in [0, 0.05) is 38.0 Å². The summed E-state index contributed by atoms with van der Waals surface area (Å²) in [5.41, 5.74) is 1.16. The first-order chi connectivity index (χ1) is 13.8. The summed E-state index contributed by atoms with van der Waals surface area (Å²) in [6, 6.07) is 8.27. The van der Waals surface area contributed by atoms with Crippen LogP contribution in [0.5, 0.6) is 5.75 Å². The molecule has 1 aromatic carbocycles. The third-order valence-corrected chi connectivity index (χ3v) is 6.36. The molecule has 8 heteroatoms. The molecular formula is C21H35IN4O2S. The second-order valence-electron chi connectivity index (χ2n) is 7.16. The van der Waals surface area contributed by atoms with Crippen LogP contribution in [0.3, 0.4) is 0 Å². The largest absolute Gasteiger partial charge is 0.492 e. The first-order valence-electron chi connectivity index (χ1n) is 10.5. The minimum atomic E-state index is 0. The first kappa shape index (κ1) is 24.6. The summed E-state index contributed by atoms with van der Waals surface area (Å²) >= 11 is 2.06. The number of guanidine groups is 1. The fourth-order valence-electron chi connectivity index (χ4n) is 3.38. The van der Waals surface area contributed by atoms with Crippen LogP contribution in [0.25, 0.3) is 0 Å². The summed E-state index contributed by atoms with van der Waals surface area (Å²) in [5.74, 6) is 3.10. The Labute approximate surface area is 196 Å². The molecule has 0 spiro atoms. The van der Waals surface area contributed by atoms with E-state index >= 15 is 0 Å². The number of nitrogens with zero attached hydrogens (tertiary/aromatic N) is 2. The minimum absolute atomic E-state index is 0. The molecule has 0 saturated carbocycles. The van der Waals surface area contributed by atoms with E-state index < -0.39 is 0 Å². The molecule has 2 heterocycles. The molecule has 29 heavy (non-hydrogen) atoms. The number of benzene rings is 1. The lowest BCUT2D eigenvalue weighted by Crippen LogP contribution is -2.40. The van der Waals surface area contributed by atoms with Gasteiger partial charge >= 0.3 is 0 Å². The molecule has 1 atom stereocenters. The van der Waals surface area contributed by atoms with Crippen molar-refractivity contribution < 1.29 is 9.47 Å². The molecule has 2 fully saturated rings. The van der Waals surface area contributed by atoms with Gasteiger partial charge in [-0.25, -0.2) is 4.99 Å². The maximum atomic E-state index is 5.95. The number of aliphatic imine (C=N–C) groups is 1. The molecule has 164 valence electrons. The summed E-state index contributed by atoms with van der Waals surface area (Å²) in [7, 11) is 0. The lowest BCUT2D eigenvalue weighted by molar-refractivity contribution is 0.0322. The molecule has 0 aliphatic carbocycles. The van der Waals surface area contributed by atoms with E-state index in [1.165, 1.54) is 18.6 Å². The lowest BCUT2D eigenvalue weighted by atomic mass is 10.2. The van der Waals surface area contributed by atoms with Crippen molar-refractivity contribution in [1.82, 2.24) is 15.5 Å². The molecule has 2 N–H and O–H groups in total. The van der Waals surface area contributed by atoms with Crippen LogP contribution in [0.4, 0.5) is 0 Å². The summed E-state index contributed by atoms with van der Waals surface area (Å²) < 4.78 is 11.3. The topological polar surface area (TPSA) is 58.1 Å². The number of rotatable bonds is 9. The van der Waals surface area contributed by atoms with E-state index in [-0.39, 0.29) is 24.0 Å². The molecular weight excluding hydrogens is 499 g/mol. The van der Waals surface area contributed by atoms with Crippen LogP contribution in [0, 0.1) is 0 Å². The van der Waals surface area contributed by atoms with Gasteiger partial charge in [0.1, 0.15) is 12.4 Å². The molecule has 2 aliphatic heterocycles. The normalized spacial score (nSPS) is 20.2. The number of hydrogen-bond acceptors (Lipinski definition) is 5. The number of halogens is 1. The van der Waals surface area contributed by atoms with Crippen LogP contribution in [-0.2, 0) is 11.3 Å². The van der Waals surface area contributed by atoms with Crippen LogP contribution in [0.2, 0.25) is 0 Å². The van der Waals surface area contributed by atoms with Crippen molar-refractivity contribution in [2.24, 2.45) is 4.99 Å². The Kier molecular flexibility index (Phi) is 12.1. The molecule has 0 aromatic heterocycles. The Morgan fingerprint density at radius 3 is 2.93 bits per heavy atom. The fraction of sp³-hybridized carbons (Fsp3) is 0.667. The van der Waals surface area contributed by atoms with Gasteiger partial charge in [-0.05, 0) is 43.2 Å². The Bertz CT molecular complexity index is 608. The van der Waals surface area contributed by atoms with Crippen molar-refractivity contribution in [3.63, 3.8) is 0 Å². The van der Waals surface area contributed by atoms with Crippen LogP contribution in [0.15, 0.2) is 29.3 Å². The highest BCUT2D eigenvalue weighted by molar-refractivity contribution is 14.0. The van der Waals surface area contributed by atoms with Gasteiger partial charge in [-0.1, -0.05) is 12.1 Å². The van der Waals surface area contributed by atoms with E-state index in [4.69, 9.17) is 14.5 Å². The third-order valence-electron chi connectivity index (χ3n) is 4.96. The summed E-state index contributed by atoms with van der Waals surface area (Å²) in [6.45, 7) is 9.91. The zero-order chi connectivity index (χ0) is 19.4. The molecule has 2 saturated heterocycles. The van der Waals surface area contributed by atoms with Crippen LogP contribution < -0.4 is 15.4 Å². The summed E-state index contributed by atoms with van der Waals surface area (Å²) in [6.07, 6.45) is 2.64. The molecule has 0 amide bonds. The van der Waals surface area contributed by atoms with Gasteiger partial charge in [-0.3, -0.25) is 4.90 Å². The van der Waals surface area contributed by atoms with Crippen molar-refractivity contribution in [2.45, 2.75) is 31.6 Å². The molecule has 3 rings (SSSR count). The van der Waals surface area contributed by atoms with E-state index in [2.05, 4.69) is 46.4 Å². The average Bonchev–Trinajstić information content (AvgIpc) is 3.25. The number of morpholine rings is 1. The van der Waals surface area contributed by atoms with Crippen molar-refractivity contribution >= 4 is 41.7 Å². The zero-order valence-corrected chi connectivity index (χ0v) is 20.5. The number of nitrogens with one attached hydrogen (secondary N) is 2. The number of hydrogen-bond donors (Lipinski definition) is 2. The van der Waals surface area contributed by atoms with Crippen molar-refractivity contribution in [3.8, 4) is 5.75 Å². The van der Waals surface area contributed by atoms with Gasteiger partial charge in [-0.15, -0.1) is 24.0 Å². The first-order valence-corrected chi connectivity index (χ1v) is 11.5. The number of thioether (sulfide) groups is 1. The molecule has 1 aromatic rings. The maximum absolute atomic E-state index is 5.95. The Balaban J connectivity index is 0.00000300. The quantitative estimate of drug-likeness (QED) is 0.289. The van der Waals surface area contributed by atoms with Gasteiger partial charge in [-0.2, -0.15) is 11.8 Å². The van der Waals surface area contributed by atoms with Crippen LogP contribution in [-0.4, -0.2) is 74.4 Å². The minimum Gasteiger partial charge on any atom is -0.492 e. The molecule has 2 aliphatic rings. The Hall–Kier alpha value is -0.710. The predicted molar refractivity (Wildman–Crippen MR) is 133 cm³/mol. The highest BCUT2D eigenvalue weighted by Crippen LogP contribution is 2.25. The summed E-state index contributed by atoms with van der Waals surface area (Å²) in [5, 5.41) is 7.55. The van der Waals surface area contributed by atoms with E-state index in [9.17, 15) is 0 Å². The highest BCUT2D eigenvalue weighted by atomic mass is 127. The second kappa shape index (κ2) is 14.3. The van der Waals surface area contributed by atoms with Gasteiger partial charge < -0.3 is 20.1 Å². The predicted octanol–water partition coefficient (Wildman–Crippen LogP) is 2.97. The monoisotopic (exact) mass is 534 g/mol. The van der Waals surface area contributed by atoms with E-state index in [0.717, 1.165) is 63.2 Å². The lowest BCUT2D eigenvalue weighted by Gasteiger charge is -2.26. The van der Waals surface area contributed by atoms with Crippen LogP contribution >= 0.6 is 35.7 Å². The van der Waals surface area contributed by atoms with Gasteiger partial charge in [0.25, 0.3) is 0 Å². The van der Waals surface area contributed by atoms with Gasteiger partial charge in [0.05, 0.1) is 19.8 Å².